The lowest BCUT2D eigenvalue weighted by molar-refractivity contribution is -0.137. The van der Waals surface area contributed by atoms with E-state index in [2.05, 4.69) is 5.10 Å². The Morgan fingerprint density at radius 1 is 1.16 bits per heavy atom. The van der Waals surface area contributed by atoms with Gasteiger partial charge in [-0.3, -0.25) is 0 Å². The number of morpholine rings is 1. The van der Waals surface area contributed by atoms with Crippen molar-refractivity contribution in [1.29, 1.82) is 5.26 Å². The van der Waals surface area contributed by atoms with Crippen LogP contribution in [0.15, 0.2) is 71.3 Å². The molecular weight excluding hydrogens is 492 g/mol. The maximum absolute atomic E-state index is 13.5. The van der Waals surface area contributed by atoms with Crippen LogP contribution in [-0.2, 0) is 24.3 Å². The maximum Gasteiger partial charge on any atom is 0.348 e. The van der Waals surface area contributed by atoms with Crippen molar-refractivity contribution in [2.45, 2.75) is 37.9 Å². The molecule has 10 heteroatoms. The van der Waals surface area contributed by atoms with E-state index in [1.54, 1.807) is 42.1 Å². The standard InChI is InChI=1S/C27H28N4O5S/c1-4-35-27(32)22(15-28)13-23-18-31(24-10-6-5-7-11-24)29-26(23)21-9-8-12-25(14-21)37(33,34)30-16-19(2)36-20(3)17-30/h5-14,18-20H,4,16-17H2,1-3H3/b22-13+/t19-,20-/m1/s1. The topological polar surface area (TPSA) is 115 Å². The minimum Gasteiger partial charge on any atom is -0.462 e. The molecule has 0 aliphatic carbocycles. The molecule has 1 aliphatic rings. The third kappa shape index (κ3) is 5.80. The number of nitrogens with zero attached hydrogens (tertiary/aromatic N) is 4. The predicted molar refractivity (Wildman–Crippen MR) is 138 cm³/mol. The SMILES string of the molecule is CCOC(=O)/C(C#N)=C/c1cn(-c2ccccc2)nc1-c1cccc(S(=O)(=O)N2C[C@@H](C)O[C@H](C)C2)c1. The smallest absolute Gasteiger partial charge is 0.348 e. The second-order valence-corrected chi connectivity index (χ2v) is 10.6. The number of carbonyl (C=O) groups excluding carboxylic acids is 1. The number of hydrogen-bond donors (Lipinski definition) is 0. The molecule has 3 aromatic rings. The molecule has 0 amide bonds. The fourth-order valence-electron chi connectivity index (χ4n) is 4.21. The van der Waals surface area contributed by atoms with Crippen LogP contribution in [-0.4, -0.2) is 60.4 Å². The van der Waals surface area contributed by atoms with Crippen LogP contribution in [0.1, 0.15) is 26.3 Å². The Morgan fingerprint density at radius 3 is 2.51 bits per heavy atom. The van der Waals surface area contributed by atoms with Gasteiger partial charge in [-0.1, -0.05) is 30.3 Å². The van der Waals surface area contributed by atoms with Crippen molar-refractivity contribution < 1.29 is 22.7 Å². The molecule has 1 aliphatic heterocycles. The lowest BCUT2D eigenvalue weighted by Crippen LogP contribution is -2.48. The first-order valence-electron chi connectivity index (χ1n) is 11.9. The highest BCUT2D eigenvalue weighted by Crippen LogP contribution is 2.29. The van der Waals surface area contributed by atoms with E-state index in [0.717, 1.165) is 5.69 Å². The summed E-state index contributed by atoms with van der Waals surface area (Å²) in [7, 11) is -3.79. The van der Waals surface area contributed by atoms with E-state index in [1.165, 1.54) is 10.4 Å². The Bertz CT molecular complexity index is 1450. The van der Waals surface area contributed by atoms with Crippen molar-refractivity contribution in [3.8, 4) is 23.0 Å². The Labute approximate surface area is 216 Å². The van der Waals surface area contributed by atoms with Crippen LogP contribution in [0.2, 0.25) is 0 Å². The molecule has 37 heavy (non-hydrogen) atoms. The van der Waals surface area contributed by atoms with Crippen LogP contribution in [0.3, 0.4) is 0 Å². The first-order chi connectivity index (χ1) is 17.7. The van der Waals surface area contributed by atoms with Crippen LogP contribution >= 0.6 is 0 Å². The van der Waals surface area contributed by atoms with Gasteiger partial charge in [0.15, 0.2) is 0 Å². The molecule has 1 saturated heterocycles. The van der Waals surface area contributed by atoms with Gasteiger partial charge >= 0.3 is 5.97 Å². The van der Waals surface area contributed by atoms with Gasteiger partial charge in [-0.05, 0) is 51.1 Å². The molecule has 0 bridgehead atoms. The van der Waals surface area contributed by atoms with Crippen LogP contribution in [0.5, 0.6) is 0 Å². The van der Waals surface area contributed by atoms with Gasteiger partial charge in [0.1, 0.15) is 17.3 Å². The summed E-state index contributed by atoms with van der Waals surface area (Å²) in [4.78, 5) is 12.4. The lowest BCUT2D eigenvalue weighted by atomic mass is 10.1. The molecule has 2 aromatic carbocycles. The van der Waals surface area contributed by atoms with Gasteiger partial charge in [-0.25, -0.2) is 17.9 Å². The first kappa shape index (κ1) is 26.3. The minimum absolute atomic E-state index is 0.126. The summed E-state index contributed by atoms with van der Waals surface area (Å²) < 4.78 is 40.7. The molecule has 2 heterocycles. The molecule has 4 rings (SSSR count). The normalized spacial score (nSPS) is 18.8. The van der Waals surface area contributed by atoms with Gasteiger partial charge in [-0.2, -0.15) is 14.7 Å². The third-order valence-corrected chi connectivity index (χ3v) is 7.64. The second kappa shape index (κ2) is 11.1. The number of aromatic nitrogens is 2. The highest BCUT2D eigenvalue weighted by atomic mass is 32.2. The molecule has 2 atom stereocenters. The molecule has 0 spiro atoms. The van der Waals surface area contributed by atoms with Crippen molar-refractivity contribution in [1.82, 2.24) is 14.1 Å². The quantitative estimate of drug-likeness (QED) is 0.264. The van der Waals surface area contributed by atoms with Crippen LogP contribution in [0, 0.1) is 11.3 Å². The molecule has 1 aromatic heterocycles. The number of nitriles is 1. The van der Waals surface area contributed by atoms with Crippen LogP contribution < -0.4 is 0 Å². The van der Waals surface area contributed by atoms with E-state index >= 15 is 0 Å². The van der Waals surface area contributed by atoms with E-state index in [0.29, 0.717) is 16.8 Å². The highest BCUT2D eigenvalue weighted by Gasteiger charge is 2.32. The number of benzene rings is 2. The Morgan fingerprint density at radius 2 is 1.86 bits per heavy atom. The van der Waals surface area contributed by atoms with Crippen LogP contribution in [0.4, 0.5) is 0 Å². The van der Waals surface area contributed by atoms with E-state index in [-0.39, 0.29) is 42.4 Å². The molecule has 9 nitrogen and oxygen atoms in total. The van der Waals surface area contributed by atoms with Gasteiger partial charge in [0.25, 0.3) is 0 Å². The number of sulfonamides is 1. The second-order valence-electron chi connectivity index (χ2n) is 8.71. The predicted octanol–water partition coefficient (Wildman–Crippen LogP) is 3.81. The maximum atomic E-state index is 13.5. The number of para-hydroxylation sites is 1. The molecule has 0 unspecified atom stereocenters. The Hall–Kier alpha value is -3.78. The van der Waals surface area contributed by atoms with Crippen molar-refractivity contribution in [3.05, 3.63) is 71.9 Å². The summed E-state index contributed by atoms with van der Waals surface area (Å²) in [6.45, 7) is 6.01. The van der Waals surface area contributed by atoms with E-state index in [9.17, 15) is 18.5 Å². The number of rotatable bonds is 7. The summed E-state index contributed by atoms with van der Waals surface area (Å²) >= 11 is 0. The van der Waals surface area contributed by atoms with Gasteiger partial charge in [0.2, 0.25) is 10.0 Å². The number of esters is 1. The summed E-state index contributed by atoms with van der Waals surface area (Å²) in [6.07, 6.45) is 2.67. The average molecular weight is 521 g/mol. The number of hydrogen-bond acceptors (Lipinski definition) is 7. The number of ether oxygens (including phenoxy) is 2. The Balaban J connectivity index is 1.81. The first-order valence-corrected chi connectivity index (χ1v) is 13.4. The lowest BCUT2D eigenvalue weighted by Gasteiger charge is -2.34. The largest absolute Gasteiger partial charge is 0.462 e. The Kier molecular flexibility index (Phi) is 7.88. The van der Waals surface area contributed by atoms with E-state index < -0.39 is 16.0 Å². The molecular formula is C27H28N4O5S. The zero-order chi connectivity index (χ0) is 26.6. The van der Waals surface area contributed by atoms with E-state index in [4.69, 9.17) is 9.47 Å². The molecule has 192 valence electrons. The molecule has 1 fully saturated rings. The number of carbonyl (C=O) groups is 1. The molecule has 0 N–H and O–H groups in total. The van der Waals surface area contributed by atoms with Crippen molar-refractivity contribution in [2.75, 3.05) is 19.7 Å². The van der Waals surface area contributed by atoms with Gasteiger partial charge < -0.3 is 9.47 Å². The van der Waals surface area contributed by atoms with Crippen molar-refractivity contribution in [3.63, 3.8) is 0 Å². The molecule has 0 radical (unpaired) electrons. The fraction of sp³-hybridized carbons (Fsp3) is 0.296. The zero-order valence-electron chi connectivity index (χ0n) is 20.9. The monoisotopic (exact) mass is 520 g/mol. The molecule has 0 saturated carbocycles. The van der Waals surface area contributed by atoms with Crippen molar-refractivity contribution in [2.24, 2.45) is 0 Å². The van der Waals surface area contributed by atoms with E-state index in [1.807, 2.05) is 50.2 Å². The van der Waals surface area contributed by atoms with Gasteiger partial charge in [0.05, 0.1) is 29.4 Å². The van der Waals surface area contributed by atoms with Crippen LogP contribution in [0.25, 0.3) is 23.0 Å². The van der Waals surface area contributed by atoms with Gasteiger partial charge in [0, 0.05) is 30.4 Å². The summed E-state index contributed by atoms with van der Waals surface area (Å²) in [6, 6.07) is 17.7. The summed E-state index contributed by atoms with van der Waals surface area (Å²) in [5.41, 5.74) is 1.99. The summed E-state index contributed by atoms with van der Waals surface area (Å²) in [5, 5.41) is 14.3. The average Bonchev–Trinajstić information content (AvgIpc) is 3.31. The fourth-order valence-corrected chi connectivity index (χ4v) is 5.85. The third-order valence-electron chi connectivity index (χ3n) is 5.81. The van der Waals surface area contributed by atoms with Crippen molar-refractivity contribution >= 4 is 22.1 Å². The summed E-state index contributed by atoms with van der Waals surface area (Å²) in [5.74, 6) is -0.740. The van der Waals surface area contributed by atoms with Gasteiger partial charge in [-0.15, -0.1) is 0 Å². The highest BCUT2D eigenvalue weighted by molar-refractivity contribution is 7.89. The zero-order valence-corrected chi connectivity index (χ0v) is 21.7. The minimum atomic E-state index is -3.79.